The van der Waals surface area contributed by atoms with E-state index in [1.807, 2.05) is 31.2 Å². The molecule has 1 aliphatic heterocycles. The number of nitrogens with zero attached hydrogens (tertiary/aromatic N) is 4. The maximum atomic E-state index is 15.2. The Morgan fingerprint density at radius 3 is 2.58 bits per heavy atom. The molecule has 3 N–H and O–H groups in total. The highest BCUT2D eigenvalue weighted by Crippen LogP contribution is 2.34. The lowest BCUT2D eigenvalue weighted by Gasteiger charge is -2.29. The summed E-state index contributed by atoms with van der Waals surface area (Å²) in [6.07, 6.45) is 1.29. The Bertz CT molecular complexity index is 1400. The fourth-order valence-electron chi connectivity index (χ4n) is 4.24. The number of rotatable bonds is 6. The zero-order chi connectivity index (χ0) is 25.2. The fraction of sp³-hybridized carbons (Fsp3) is 0.269. The monoisotopic (exact) mass is 489 g/mol. The van der Waals surface area contributed by atoms with Gasteiger partial charge in [-0.25, -0.2) is 14.4 Å². The van der Waals surface area contributed by atoms with E-state index in [2.05, 4.69) is 30.5 Å². The number of carbonyl (C=O) groups excluding carboxylic acids is 1. The molecule has 0 unspecified atom stereocenters. The molecule has 9 nitrogen and oxygen atoms in total. The van der Waals surface area contributed by atoms with Crippen LogP contribution in [0.4, 0.5) is 21.6 Å². The third kappa shape index (κ3) is 4.67. The quantitative estimate of drug-likeness (QED) is 0.376. The van der Waals surface area contributed by atoms with Gasteiger partial charge < -0.3 is 30.2 Å². The number of H-pyrrole nitrogens is 1. The third-order valence-corrected chi connectivity index (χ3v) is 6.09. The first-order valence-electron chi connectivity index (χ1n) is 11.8. The van der Waals surface area contributed by atoms with Crippen LogP contribution in [0.1, 0.15) is 16.1 Å². The summed E-state index contributed by atoms with van der Waals surface area (Å²) < 4.78 is 21.1. The molecule has 10 heteroatoms. The third-order valence-electron chi connectivity index (χ3n) is 6.09. The minimum absolute atomic E-state index is 0.0284. The molecule has 2 aromatic heterocycles. The number of hydrogen-bond donors (Lipinski definition) is 3. The number of amides is 1. The lowest BCUT2D eigenvalue weighted by atomic mass is 10.2. The number of piperazine rings is 1. The minimum Gasteiger partial charge on any atom is -0.435 e. The van der Waals surface area contributed by atoms with Crippen molar-refractivity contribution < 1.29 is 13.9 Å². The van der Waals surface area contributed by atoms with E-state index in [1.165, 1.54) is 17.3 Å². The average molecular weight is 490 g/mol. The molecule has 0 bridgehead atoms. The van der Waals surface area contributed by atoms with Gasteiger partial charge in [0, 0.05) is 68.2 Å². The smallest absolute Gasteiger partial charge is 0.262 e. The molecule has 2 aromatic carbocycles. The molecule has 1 saturated heterocycles. The normalized spacial score (nSPS) is 13.6. The SMILES string of the molecule is Cc1cc2c(F)c(Oc3ncnc(Nc4ccc(N5CCNCC5)cc4)c3C(=O)N(C)C)ccc2[nH]1. The molecule has 0 spiro atoms. The van der Waals surface area contributed by atoms with Crippen LogP contribution in [0.15, 0.2) is 48.8 Å². The van der Waals surface area contributed by atoms with Gasteiger partial charge in [-0.2, -0.15) is 0 Å². The van der Waals surface area contributed by atoms with Crippen LogP contribution >= 0.6 is 0 Å². The van der Waals surface area contributed by atoms with Crippen LogP contribution in [0.3, 0.4) is 0 Å². The first-order chi connectivity index (χ1) is 17.4. The second-order valence-electron chi connectivity index (χ2n) is 8.90. The molecule has 1 aliphatic rings. The number of fused-ring (bicyclic) bond motifs is 1. The van der Waals surface area contributed by atoms with Gasteiger partial charge in [-0.15, -0.1) is 0 Å². The maximum Gasteiger partial charge on any atom is 0.262 e. The largest absolute Gasteiger partial charge is 0.435 e. The zero-order valence-electron chi connectivity index (χ0n) is 20.4. The summed E-state index contributed by atoms with van der Waals surface area (Å²) in [6.45, 7) is 5.66. The highest BCUT2D eigenvalue weighted by molar-refractivity contribution is 6.01. The van der Waals surface area contributed by atoms with Gasteiger partial charge in [-0.3, -0.25) is 4.79 Å². The number of ether oxygens (including phenoxy) is 1. The van der Waals surface area contributed by atoms with Crippen molar-refractivity contribution in [3.63, 3.8) is 0 Å². The molecule has 36 heavy (non-hydrogen) atoms. The molecular weight excluding hydrogens is 461 g/mol. The molecule has 5 rings (SSSR count). The number of halogens is 1. The summed E-state index contributed by atoms with van der Waals surface area (Å²) in [5.41, 5.74) is 3.49. The molecule has 4 aromatic rings. The second kappa shape index (κ2) is 9.82. The molecule has 0 atom stereocenters. The summed E-state index contributed by atoms with van der Waals surface area (Å²) in [5, 5.41) is 6.96. The number of aryl methyl sites for hydroxylation is 1. The molecule has 1 amide bonds. The Labute approximate surface area is 208 Å². The van der Waals surface area contributed by atoms with Crippen molar-refractivity contribution in [1.29, 1.82) is 0 Å². The van der Waals surface area contributed by atoms with Gasteiger partial charge in [0.15, 0.2) is 17.4 Å². The van der Waals surface area contributed by atoms with Crippen molar-refractivity contribution in [3.8, 4) is 11.6 Å². The van der Waals surface area contributed by atoms with E-state index in [9.17, 15) is 4.79 Å². The van der Waals surface area contributed by atoms with Crippen molar-refractivity contribution >= 4 is 34.0 Å². The van der Waals surface area contributed by atoms with Gasteiger partial charge >= 0.3 is 0 Å². The van der Waals surface area contributed by atoms with E-state index in [0.29, 0.717) is 10.9 Å². The summed E-state index contributed by atoms with van der Waals surface area (Å²) >= 11 is 0. The maximum absolute atomic E-state index is 15.2. The Morgan fingerprint density at radius 1 is 1.11 bits per heavy atom. The second-order valence-corrected chi connectivity index (χ2v) is 8.90. The van der Waals surface area contributed by atoms with Crippen LogP contribution in [0.5, 0.6) is 11.6 Å². The Hall–Kier alpha value is -4.18. The van der Waals surface area contributed by atoms with Crippen LogP contribution in [-0.2, 0) is 0 Å². The summed E-state index contributed by atoms with van der Waals surface area (Å²) in [5.74, 6) is -0.692. The van der Waals surface area contributed by atoms with Crippen molar-refractivity contribution in [2.75, 3.05) is 50.5 Å². The van der Waals surface area contributed by atoms with Gasteiger partial charge in [0.25, 0.3) is 5.91 Å². The Kier molecular flexibility index (Phi) is 6.43. The van der Waals surface area contributed by atoms with Gasteiger partial charge in [0.05, 0.1) is 0 Å². The van der Waals surface area contributed by atoms with E-state index < -0.39 is 5.82 Å². The summed E-state index contributed by atoms with van der Waals surface area (Å²) in [7, 11) is 3.25. The molecule has 1 fully saturated rings. The lowest BCUT2D eigenvalue weighted by molar-refractivity contribution is 0.0825. The zero-order valence-corrected chi connectivity index (χ0v) is 20.4. The van der Waals surface area contributed by atoms with Crippen LogP contribution in [0.2, 0.25) is 0 Å². The van der Waals surface area contributed by atoms with E-state index in [-0.39, 0.29) is 28.9 Å². The topological polar surface area (TPSA) is 98.4 Å². The Balaban J connectivity index is 1.46. The van der Waals surface area contributed by atoms with Crippen LogP contribution in [0.25, 0.3) is 10.9 Å². The molecule has 0 radical (unpaired) electrons. The van der Waals surface area contributed by atoms with Crippen LogP contribution in [-0.4, -0.2) is 66.0 Å². The summed E-state index contributed by atoms with van der Waals surface area (Å²) in [4.78, 5) is 28.4. The number of aromatic amines is 1. The predicted octanol–water partition coefficient (Wildman–Crippen LogP) is 4.05. The van der Waals surface area contributed by atoms with E-state index in [1.54, 1.807) is 26.2 Å². The predicted molar refractivity (Wildman–Crippen MR) is 138 cm³/mol. The summed E-state index contributed by atoms with van der Waals surface area (Å²) in [6, 6.07) is 12.9. The van der Waals surface area contributed by atoms with Crippen molar-refractivity contribution in [3.05, 3.63) is 65.9 Å². The van der Waals surface area contributed by atoms with E-state index in [0.717, 1.165) is 43.2 Å². The number of benzene rings is 2. The van der Waals surface area contributed by atoms with Crippen LogP contribution < -0.4 is 20.3 Å². The van der Waals surface area contributed by atoms with Crippen LogP contribution in [0, 0.1) is 12.7 Å². The van der Waals surface area contributed by atoms with Gasteiger partial charge in [0.2, 0.25) is 5.88 Å². The van der Waals surface area contributed by atoms with Crippen molar-refractivity contribution in [1.82, 2.24) is 25.2 Å². The first kappa shape index (κ1) is 23.6. The highest BCUT2D eigenvalue weighted by atomic mass is 19.1. The van der Waals surface area contributed by atoms with Gasteiger partial charge in [-0.05, 0) is 49.4 Å². The number of carbonyl (C=O) groups is 1. The number of hydrogen-bond acceptors (Lipinski definition) is 7. The van der Waals surface area contributed by atoms with Crippen molar-refractivity contribution in [2.45, 2.75) is 6.92 Å². The molecule has 0 saturated carbocycles. The first-order valence-corrected chi connectivity index (χ1v) is 11.8. The fourth-order valence-corrected chi connectivity index (χ4v) is 4.24. The lowest BCUT2D eigenvalue weighted by Crippen LogP contribution is -2.43. The van der Waals surface area contributed by atoms with Crippen molar-refractivity contribution in [2.24, 2.45) is 0 Å². The standard InChI is InChI=1S/C26H28FN7O2/c1-16-14-19-20(31-16)8-9-21(23(19)27)36-25-22(26(35)33(2)3)24(29-15-30-25)32-17-4-6-18(7-5-17)34-12-10-28-11-13-34/h4-9,14-15,28,31H,10-13H2,1-3H3,(H,29,30,32). The Morgan fingerprint density at radius 2 is 1.86 bits per heavy atom. The highest BCUT2D eigenvalue weighted by Gasteiger charge is 2.24. The molecule has 0 aliphatic carbocycles. The number of aromatic nitrogens is 3. The minimum atomic E-state index is -0.531. The molecule has 3 heterocycles. The number of anilines is 3. The average Bonchev–Trinajstić information content (AvgIpc) is 3.28. The van der Waals surface area contributed by atoms with Gasteiger partial charge in [0.1, 0.15) is 11.9 Å². The van der Waals surface area contributed by atoms with E-state index in [4.69, 9.17) is 4.74 Å². The number of nitrogens with one attached hydrogen (secondary N) is 3. The van der Waals surface area contributed by atoms with Gasteiger partial charge in [-0.1, -0.05) is 0 Å². The molecular formula is C26H28FN7O2. The molecule has 186 valence electrons. The van der Waals surface area contributed by atoms with E-state index >= 15 is 4.39 Å².